The quantitative estimate of drug-likeness (QED) is 0.554. The van der Waals surface area contributed by atoms with Crippen LogP contribution in [-0.4, -0.2) is 32.8 Å². The lowest BCUT2D eigenvalue weighted by Gasteiger charge is -2.08. The number of hydrogen-bond acceptors (Lipinski definition) is 4. The van der Waals surface area contributed by atoms with E-state index in [1.807, 2.05) is 12.1 Å². The Morgan fingerprint density at radius 2 is 2.12 bits per heavy atom. The first-order chi connectivity index (χ1) is 8.24. The summed E-state index contributed by atoms with van der Waals surface area (Å²) in [6, 6.07) is 7.10. The monoisotopic (exact) mass is 238 g/mol. The van der Waals surface area contributed by atoms with Crippen LogP contribution in [0.2, 0.25) is 0 Å². The number of ether oxygens (including phenoxy) is 2. The second-order valence-electron chi connectivity index (χ2n) is 3.53. The number of para-hydroxylation sites is 2. The zero-order valence-corrected chi connectivity index (χ0v) is 9.94. The number of carbonyl (C=O) groups excluding carboxylic acids is 1. The molecule has 0 aromatic heterocycles. The molecule has 5 heteroatoms. The molecule has 0 aliphatic rings. The van der Waals surface area contributed by atoms with Gasteiger partial charge in [0.15, 0.2) is 0 Å². The average molecular weight is 238 g/mol. The number of hydrogen-bond donors (Lipinski definition) is 2. The molecule has 1 amide bonds. The molecule has 0 radical (unpaired) electrons. The van der Waals surface area contributed by atoms with Crippen molar-refractivity contribution in [3.8, 4) is 0 Å². The topological polar surface area (TPSA) is 73.6 Å². The number of nitrogens with one attached hydrogen (secondary N) is 1. The molecule has 0 aliphatic carbocycles. The second-order valence-corrected chi connectivity index (χ2v) is 3.53. The summed E-state index contributed by atoms with van der Waals surface area (Å²) in [5.74, 6) is -0.208. The van der Waals surface area contributed by atoms with Crippen molar-refractivity contribution in [2.45, 2.75) is 6.42 Å². The van der Waals surface area contributed by atoms with Crippen molar-refractivity contribution in [3.05, 3.63) is 24.3 Å². The zero-order chi connectivity index (χ0) is 12.5. The first kappa shape index (κ1) is 13.5. The maximum Gasteiger partial charge on any atom is 0.250 e. The molecule has 0 unspecified atom stereocenters. The number of rotatable bonds is 7. The third-order valence-corrected chi connectivity index (χ3v) is 2.11. The van der Waals surface area contributed by atoms with Crippen LogP contribution in [0.4, 0.5) is 11.4 Å². The van der Waals surface area contributed by atoms with Gasteiger partial charge in [0.2, 0.25) is 5.91 Å². The molecule has 0 heterocycles. The number of anilines is 2. The minimum Gasteiger partial charge on any atom is -0.397 e. The highest BCUT2D eigenvalue weighted by atomic mass is 16.5. The molecular weight excluding hydrogens is 220 g/mol. The Morgan fingerprint density at radius 1 is 1.35 bits per heavy atom. The summed E-state index contributed by atoms with van der Waals surface area (Å²) in [6.07, 6.45) is 0.775. The van der Waals surface area contributed by atoms with Crippen LogP contribution in [0.3, 0.4) is 0 Å². The van der Waals surface area contributed by atoms with Crippen LogP contribution in [0.5, 0.6) is 0 Å². The Morgan fingerprint density at radius 3 is 2.82 bits per heavy atom. The number of nitrogens with two attached hydrogens (primary N) is 1. The summed E-state index contributed by atoms with van der Waals surface area (Å²) in [6.45, 7) is 1.16. The lowest BCUT2D eigenvalue weighted by Crippen LogP contribution is -2.19. The highest BCUT2D eigenvalue weighted by molar-refractivity contribution is 5.94. The van der Waals surface area contributed by atoms with Crippen LogP contribution >= 0.6 is 0 Å². The Bertz CT molecular complexity index is 355. The van der Waals surface area contributed by atoms with E-state index in [0.29, 0.717) is 24.6 Å². The Labute approximate surface area is 101 Å². The fourth-order valence-electron chi connectivity index (χ4n) is 1.27. The first-order valence-electron chi connectivity index (χ1n) is 5.45. The maximum absolute atomic E-state index is 11.5. The van der Waals surface area contributed by atoms with Gasteiger partial charge >= 0.3 is 0 Å². The molecule has 0 bridgehead atoms. The summed E-state index contributed by atoms with van der Waals surface area (Å²) >= 11 is 0. The van der Waals surface area contributed by atoms with E-state index in [2.05, 4.69) is 5.32 Å². The lowest BCUT2D eigenvalue weighted by atomic mass is 10.3. The third-order valence-electron chi connectivity index (χ3n) is 2.11. The normalized spacial score (nSPS) is 10.2. The van der Waals surface area contributed by atoms with Crippen molar-refractivity contribution < 1.29 is 14.3 Å². The number of nitrogen functional groups attached to an aromatic ring is 1. The molecule has 1 rings (SSSR count). The van der Waals surface area contributed by atoms with Gasteiger partial charge in [-0.1, -0.05) is 12.1 Å². The first-order valence-corrected chi connectivity index (χ1v) is 5.45. The molecule has 3 N–H and O–H groups in total. The van der Waals surface area contributed by atoms with Gasteiger partial charge in [-0.05, 0) is 18.6 Å². The van der Waals surface area contributed by atoms with Gasteiger partial charge in [-0.2, -0.15) is 0 Å². The summed E-state index contributed by atoms with van der Waals surface area (Å²) < 4.78 is 10.0. The van der Waals surface area contributed by atoms with E-state index < -0.39 is 0 Å². The van der Waals surface area contributed by atoms with Crippen LogP contribution in [-0.2, 0) is 14.3 Å². The van der Waals surface area contributed by atoms with Gasteiger partial charge in [0.25, 0.3) is 0 Å². The number of benzene rings is 1. The molecular formula is C12H18N2O3. The molecule has 0 fully saturated rings. The summed E-state index contributed by atoms with van der Waals surface area (Å²) in [7, 11) is 1.63. The summed E-state index contributed by atoms with van der Waals surface area (Å²) in [5, 5.41) is 2.68. The Kier molecular flexibility index (Phi) is 6.06. The van der Waals surface area contributed by atoms with Crippen molar-refractivity contribution >= 4 is 17.3 Å². The van der Waals surface area contributed by atoms with Crippen molar-refractivity contribution in [2.75, 3.05) is 38.0 Å². The lowest BCUT2D eigenvalue weighted by molar-refractivity contribution is -0.120. The van der Waals surface area contributed by atoms with Crippen LogP contribution in [0.1, 0.15) is 6.42 Å². The highest BCUT2D eigenvalue weighted by Crippen LogP contribution is 2.16. The molecule has 0 saturated carbocycles. The molecule has 0 spiro atoms. The number of methoxy groups -OCH3 is 1. The highest BCUT2D eigenvalue weighted by Gasteiger charge is 2.04. The Hall–Kier alpha value is -1.59. The van der Waals surface area contributed by atoms with Gasteiger partial charge in [-0.25, -0.2) is 0 Å². The number of amides is 1. The van der Waals surface area contributed by atoms with Crippen molar-refractivity contribution in [1.82, 2.24) is 0 Å². The van der Waals surface area contributed by atoms with Gasteiger partial charge < -0.3 is 20.5 Å². The fourth-order valence-corrected chi connectivity index (χ4v) is 1.27. The van der Waals surface area contributed by atoms with E-state index in [-0.39, 0.29) is 12.5 Å². The SMILES string of the molecule is COCCCOCC(=O)Nc1ccccc1N. The number of carbonyl (C=O) groups is 1. The summed E-state index contributed by atoms with van der Waals surface area (Å²) in [4.78, 5) is 11.5. The van der Waals surface area contributed by atoms with Gasteiger partial charge in [-0.3, -0.25) is 4.79 Å². The van der Waals surface area contributed by atoms with E-state index >= 15 is 0 Å². The average Bonchev–Trinajstić information content (AvgIpc) is 2.32. The molecule has 0 atom stereocenters. The van der Waals surface area contributed by atoms with Crippen LogP contribution in [0.25, 0.3) is 0 Å². The standard InChI is InChI=1S/C12H18N2O3/c1-16-7-4-8-17-9-12(15)14-11-6-3-2-5-10(11)13/h2-3,5-6H,4,7-9,13H2,1H3,(H,14,15). The van der Waals surface area contributed by atoms with Crippen LogP contribution in [0, 0.1) is 0 Å². The van der Waals surface area contributed by atoms with Gasteiger partial charge in [0, 0.05) is 20.3 Å². The zero-order valence-electron chi connectivity index (χ0n) is 9.94. The van der Waals surface area contributed by atoms with E-state index in [9.17, 15) is 4.79 Å². The fraction of sp³-hybridized carbons (Fsp3) is 0.417. The van der Waals surface area contributed by atoms with Crippen LogP contribution in [0.15, 0.2) is 24.3 Å². The smallest absolute Gasteiger partial charge is 0.250 e. The molecule has 0 saturated heterocycles. The van der Waals surface area contributed by atoms with Gasteiger partial charge in [-0.15, -0.1) is 0 Å². The molecule has 1 aromatic rings. The van der Waals surface area contributed by atoms with E-state index in [0.717, 1.165) is 6.42 Å². The van der Waals surface area contributed by atoms with Gasteiger partial charge in [0.1, 0.15) is 6.61 Å². The molecule has 0 aliphatic heterocycles. The van der Waals surface area contributed by atoms with Crippen LogP contribution < -0.4 is 11.1 Å². The Balaban J connectivity index is 2.23. The predicted octanol–water partition coefficient (Wildman–Crippen LogP) is 1.26. The molecule has 94 valence electrons. The van der Waals surface area contributed by atoms with E-state index in [4.69, 9.17) is 15.2 Å². The second kappa shape index (κ2) is 7.65. The molecule has 17 heavy (non-hydrogen) atoms. The predicted molar refractivity (Wildman–Crippen MR) is 66.8 cm³/mol. The van der Waals surface area contributed by atoms with Crippen molar-refractivity contribution in [1.29, 1.82) is 0 Å². The van der Waals surface area contributed by atoms with E-state index in [1.165, 1.54) is 0 Å². The molecule has 5 nitrogen and oxygen atoms in total. The largest absolute Gasteiger partial charge is 0.397 e. The minimum absolute atomic E-state index is 0.0258. The maximum atomic E-state index is 11.5. The summed E-state index contributed by atoms with van der Waals surface area (Å²) in [5.41, 5.74) is 6.84. The van der Waals surface area contributed by atoms with Crippen molar-refractivity contribution in [2.24, 2.45) is 0 Å². The third kappa shape index (κ3) is 5.33. The molecule has 1 aromatic carbocycles. The van der Waals surface area contributed by atoms with Gasteiger partial charge in [0.05, 0.1) is 11.4 Å². The van der Waals surface area contributed by atoms with E-state index in [1.54, 1.807) is 19.2 Å². The minimum atomic E-state index is -0.208. The van der Waals surface area contributed by atoms with Crippen molar-refractivity contribution in [3.63, 3.8) is 0 Å².